The van der Waals surface area contributed by atoms with Crippen molar-refractivity contribution >= 4 is 11.9 Å². The van der Waals surface area contributed by atoms with Gasteiger partial charge in [-0.05, 0) is 43.5 Å². The van der Waals surface area contributed by atoms with Crippen molar-refractivity contribution in [2.45, 2.75) is 33.2 Å². The third kappa shape index (κ3) is 3.58. The Labute approximate surface area is 148 Å². The summed E-state index contributed by atoms with van der Waals surface area (Å²) in [5.74, 6) is -0.172. The molecule has 4 heteroatoms. The van der Waals surface area contributed by atoms with Crippen LogP contribution in [0, 0.1) is 19.8 Å². The number of rotatable bonds is 4. The van der Waals surface area contributed by atoms with E-state index in [2.05, 4.69) is 0 Å². The number of aryl methyl sites for hydroxylation is 1. The minimum absolute atomic E-state index is 0.000678. The molecule has 1 saturated heterocycles. The number of carbonyl (C=O) groups excluding carboxylic acids is 2. The smallest absolute Gasteiger partial charge is 0.316 e. The van der Waals surface area contributed by atoms with Crippen LogP contribution in [-0.4, -0.2) is 23.3 Å². The lowest BCUT2D eigenvalue weighted by molar-refractivity contribution is -0.139. The Morgan fingerprint density at radius 1 is 1.12 bits per heavy atom. The van der Waals surface area contributed by atoms with E-state index in [0.29, 0.717) is 12.3 Å². The van der Waals surface area contributed by atoms with Crippen LogP contribution in [0.5, 0.6) is 5.75 Å². The third-order valence-electron chi connectivity index (χ3n) is 5.01. The first-order chi connectivity index (χ1) is 12.0. The van der Waals surface area contributed by atoms with Gasteiger partial charge in [-0.1, -0.05) is 42.5 Å². The fraction of sp³-hybridized carbons (Fsp3) is 0.333. The van der Waals surface area contributed by atoms with E-state index in [-0.39, 0.29) is 24.3 Å². The monoisotopic (exact) mass is 337 g/mol. The molecule has 0 spiro atoms. The van der Waals surface area contributed by atoms with Gasteiger partial charge in [0.15, 0.2) is 0 Å². The molecule has 0 saturated carbocycles. The summed E-state index contributed by atoms with van der Waals surface area (Å²) in [6.45, 7) is 6.31. The molecule has 0 unspecified atom stereocenters. The van der Waals surface area contributed by atoms with Crippen molar-refractivity contribution < 1.29 is 14.3 Å². The van der Waals surface area contributed by atoms with Crippen molar-refractivity contribution in [2.24, 2.45) is 5.92 Å². The molecule has 3 rings (SSSR count). The maximum atomic E-state index is 12.5. The largest absolute Gasteiger partial charge is 0.426 e. The fourth-order valence-electron chi connectivity index (χ4n) is 3.20. The summed E-state index contributed by atoms with van der Waals surface area (Å²) in [5, 5.41) is 0. The van der Waals surface area contributed by atoms with Crippen molar-refractivity contribution in [3.63, 3.8) is 0 Å². The number of hydrogen-bond donors (Lipinski definition) is 0. The number of likely N-dealkylation sites (tertiary alicyclic amines) is 1. The van der Waals surface area contributed by atoms with Crippen LogP contribution in [0.4, 0.5) is 0 Å². The zero-order chi connectivity index (χ0) is 18.0. The van der Waals surface area contributed by atoms with E-state index >= 15 is 0 Å². The second kappa shape index (κ2) is 7.09. The number of ether oxygens (including phenoxy) is 1. The van der Waals surface area contributed by atoms with Crippen LogP contribution in [-0.2, 0) is 9.59 Å². The van der Waals surface area contributed by atoms with E-state index < -0.39 is 5.92 Å². The lowest BCUT2D eigenvalue weighted by Crippen LogP contribution is -2.30. The summed E-state index contributed by atoms with van der Waals surface area (Å²) >= 11 is 0. The Morgan fingerprint density at radius 2 is 1.84 bits per heavy atom. The first kappa shape index (κ1) is 17.2. The van der Waals surface area contributed by atoms with Gasteiger partial charge < -0.3 is 9.64 Å². The molecule has 2 atom stereocenters. The summed E-state index contributed by atoms with van der Waals surface area (Å²) in [6, 6.07) is 15.5. The van der Waals surface area contributed by atoms with Gasteiger partial charge in [-0.15, -0.1) is 0 Å². The molecule has 0 radical (unpaired) electrons. The molecule has 0 bridgehead atoms. The van der Waals surface area contributed by atoms with Crippen LogP contribution in [0.3, 0.4) is 0 Å². The Bertz CT molecular complexity index is 785. The Kier molecular flexibility index (Phi) is 4.88. The zero-order valence-electron chi connectivity index (χ0n) is 14.9. The summed E-state index contributed by atoms with van der Waals surface area (Å²) < 4.78 is 5.57. The second-order valence-electron chi connectivity index (χ2n) is 6.65. The molecule has 2 aromatic rings. The minimum Gasteiger partial charge on any atom is -0.426 e. The van der Waals surface area contributed by atoms with Crippen molar-refractivity contribution in [3.05, 3.63) is 65.2 Å². The van der Waals surface area contributed by atoms with Gasteiger partial charge >= 0.3 is 5.97 Å². The third-order valence-corrected chi connectivity index (χ3v) is 5.01. The van der Waals surface area contributed by atoms with E-state index in [0.717, 1.165) is 16.7 Å². The van der Waals surface area contributed by atoms with Gasteiger partial charge in [-0.2, -0.15) is 0 Å². The molecule has 1 fully saturated rings. The molecule has 0 N–H and O–H groups in total. The van der Waals surface area contributed by atoms with Crippen molar-refractivity contribution in [3.8, 4) is 5.75 Å². The normalized spacial score (nSPS) is 18.3. The molecule has 0 aliphatic carbocycles. The van der Waals surface area contributed by atoms with Crippen molar-refractivity contribution in [1.29, 1.82) is 0 Å². The summed E-state index contributed by atoms with van der Waals surface area (Å²) in [5.41, 5.74) is 3.10. The second-order valence-corrected chi connectivity index (χ2v) is 6.65. The number of esters is 1. The van der Waals surface area contributed by atoms with Crippen LogP contribution in [0.25, 0.3) is 0 Å². The first-order valence-corrected chi connectivity index (χ1v) is 8.59. The van der Waals surface area contributed by atoms with Crippen LogP contribution >= 0.6 is 0 Å². The summed E-state index contributed by atoms with van der Waals surface area (Å²) in [4.78, 5) is 26.7. The van der Waals surface area contributed by atoms with Gasteiger partial charge in [0.2, 0.25) is 5.91 Å². The fourth-order valence-corrected chi connectivity index (χ4v) is 3.20. The van der Waals surface area contributed by atoms with Crippen LogP contribution in [0.1, 0.15) is 36.1 Å². The molecular formula is C21H23NO3. The van der Waals surface area contributed by atoms with Crippen LogP contribution in [0.2, 0.25) is 0 Å². The van der Waals surface area contributed by atoms with Crippen LogP contribution in [0.15, 0.2) is 48.5 Å². The van der Waals surface area contributed by atoms with E-state index in [9.17, 15) is 9.59 Å². The molecular weight excluding hydrogens is 314 g/mol. The molecule has 130 valence electrons. The lowest BCUT2D eigenvalue weighted by Gasteiger charge is -2.25. The number of hydrogen-bond acceptors (Lipinski definition) is 3. The SMILES string of the molecule is Cc1cccc(OC(=O)[C@H]2CC(=O)N([C@H](C)c3ccccc3)C2)c1C. The first-order valence-electron chi connectivity index (χ1n) is 8.59. The van der Waals surface area contributed by atoms with Crippen molar-refractivity contribution in [2.75, 3.05) is 6.54 Å². The number of amides is 1. The van der Waals surface area contributed by atoms with Gasteiger partial charge in [-0.3, -0.25) is 9.59 Å². The maximum Gasteiger partial charge on any atom is 0.316 e. The average molecular weight is 337 g/mol. The topological polar surface area (TPSA) is 46.6 Å². The van der Waals surface area contributed by atoms with Gasteiger partial charge in [0.25, 0.3) is 0 Å². The van der Waals surface area contributed by atoms with Gasteiger partial charge in [0, 0.05) is 13.0 Å². The molecule has 1 aliphatic rings. The molecule has 2 aromatic carbocycles. The zero-order valence-corrected chi connectivity index (χ0v) is 14.9. The Hall–Kier alpha value is -2.62. The molecule has 1 aliphatic heterocycles. The molecule has 1 amide bonds. The van der Waals surface area contributed by atoms with Gasteiger partial charge in [0.05, 0.1) is 12.0 Å². The summed E-state index contributed by atoms with van der Waals surface area (Å²) in [7, 11) is 0. The van der Waals surface area contributed by atoms with Gasteiger partial charge in [-0.25, -0.2) is 0 Å². The van der Waals surface area contributed by atoms with E-state index in [1.165, 1.54) is 0 Å². The molecule has 25 heavy (non-hydrogen) atoms. The Balaban J connectivity index is 1.69. The van der Waals surface area contributed by atoms with Crippen molar-refractivity contribution in [1.82, 2.24) is 4.90 Å². The molecule has 4 nitrogen and oxygen atoms in total. The van der Waals surface area contributed by atoms with Crippen LogP contribution < -0.4 is 4.74 Å². The lowest BCUT2D eigenvalue weighted by atomic mass is 10.1. The predicted molar refractivity (Wildman–Crippen MR) is 96.2 cm³/mol. The molecule has 0 aromatic heterocycles. The number of carbonyl (C=O) groups is 2. The summed E-state index contributed by atoms with van der Waals surface area (Å²) in [6.07, 6.45) is 0.209. The highest BCUT2D eigenvalue weighted by Crippen LogP contribution is 2.30. The van der Waals surface area contributed by atoms with E-state index in [1.807, 2.05) is 63.2 Å². The average Bonchev–Trinajstić information content (AvgIpc) is 3.01. The molecule has 1 heterocycles. The van der Waals surface area contributed by atoms with E-state index in [4.69, 9.17) is 4.74 Å². The minimum atomic E-state index is -0.418. The Morgan fingerprint density at radius 3 is 2.56 bits per heavy atom. The standard InChI is InChI=1S/C21H23NO3/c1-14-8-7-11-19(15(14)2)25-21(24)18-12-20(23)22(13-18)16(3)17-9-5-4-6-10-17/h4-11,16,18H,12-13H2,1-3H3/t16-,18+/m1/s1. The quantitative estimate of drug-likeness (QED) is 0.629. The maximum absolute atomic E-state index is 12.5. The highest BCUT2D eigenvalue weighted by molar-refractivity contribution is 5.88. The van der Waals surface area contributed by atoms with Gasteiger partial charge in [0.1, 0.15) is 5.75 Å². The predicted octanol–water partition coefficient (Wildman–Crippen LogP) is 3.82. The highest BCUT2D eigenvalue weighted by Gasteiger charge is 2.38. The highest BCUT2D eigenvalue weighted by atomic mass is 16.5. The number of benzene rings is 2. The number of nitrogens with zero attached hydrogens (tertiary/aromatic N) is 1. The van der Waals surface area contributed by atoms with E-state index in [1.54, 1.807) is 11.0 Å².